The first-order valence-electron chi connectivity index (χ1n) is 7.52. The second-order valence-electron chi connectivity index (χ2n) is 5.58. The van der Waals surface area contributed by atoms with Crippen molar-refractivity contribution in [3.8, 4) is 11.4 Å². The van der Waals surface area contributed by atoms with Gasteiger partial charge in [-0.1, -0.05) is 23.7 Å². The maximum atomic E-state index is 12.3. The van der Waals surface area contributed by atoms with Crippen LogP contribution >= 0.6 is 11.6 Å². The highest BCUT2D eigenvalue weighted by Crippen LogP contribution is 2.36. The number of aromatic nitrogens is 5. The Balaban J connectivity index is 1.57. The average molecular weight is 341 g/mol. The molecule has 0 spiro atoms. The summed E-state index contributed by atoms with van der Waals surface area (Å²) in [4.78, 5) is 16.2. The van der Waals surface area contributed by atoms with Crippen molar-refractivity contribution in [3.63, 3.8) is 0 Å². The van der Waals surface area contributed by atoms with Crippen molar-refractivity contribution < 1.29 is 4.79 Å². The summed E-state index contributed by atoms with van der Waals surface area (Å²) in [6, 6.07) is 11.0. The number of carbonyl (C=O) groups excluding carboxylic acids is 1. The number of benzene rings is 1. The van der Waals surface area contributed by atoms with Gasteiger partial charge in [0.05, 0.1) is 11.6 Å². The SMILES string of the molecule is O=C(Nc1cccc(-c2nnnn2C2CC2)c1)c1ccc(Cl)nc1. The highest BCUT2D eigenvalue weighted by Gasteiger charge is 2.28. The van der Waals surface area contributed by atoms with Gasteiger partial charge in [-0.2, -0.15) is 0 Å². The van der Waals surface area contributed by atoms with Crippen molar-refractivity contribution in [1.82, 2.24) is 25.2 Å². The van der Waals surface area contributed by atoms with Crippen molar-refractivity contribution in [2.24, 2.45) is 0 Å². The summed E-state index contributed by atoms with van der Waals surface area (Å²) in [6.45, 7) is 0. The third-order valence-corrected chi connectivity index (χ3v) is 3.98. The van der Waals surface area contributed by atoms with Crippen molar-refractivity contribution in [2.75, 3.05) is 5.32 Å². The normalized spacial score (nSPS) is 13.7. The molecular weight excluding hydrogens is 328 g/mol. The molecule has 1 aromatic carbocycles. The van der Waals surface area contributed by atoms with Gasteiger partial charge in [0.2, 0.25) is 0 Å². The van der Waals surface area contributed by atoms with E-state index in [1.54, 1.807) is 12.1 Å². The average Bonchev–Trinajstić information content (AvgIpc) is 3.32. The summed E-state index contributed by atoms with van der Waals surface area (Å²) < 4.78 is 1.84. The maximum absolute atomic E-state index is 12.3. The first kappa shape index (κ1) is 14.8. The summed E-state index contributed by atoms with van der Waals surface area (Å²) in [5, 5.41) is 15.1. The van der Waals surface area contributed by atoms with E-state index in [1.165, 1.54) is 6.20 Å². The second kappa shape index (κ2) is 6.01. The number of hydrogen-bond donors (Lipinski definition) is 1. The van der Waals surface area contributed by atoms with Crippen molar-refractivity contribution >= 4 is 23.2 Å². The van der Waals surface area contributed by atoms with Gasteiger partial charge in [-0.15, -0.1) is 5.10 Å². The minimum Gasteiger partial charge on any atom is -0.322 e. The van der Waals surface area contributed by atoms with Crippen LogP contribution in [0.3, 0.4) is 0 Å². The van der Waals surface area contributed by atoms with Crippen molar-refractivity contribution in [2.45, 2.75) is 18.9 Å². The summed E-state index contributed by atoms with van der Waals surface area (Å²) in [5.41, 5.74) is 1.96. The van der Waals surface area contributed by atoms with Crippen LogP contribution in [0.15, 0.2) is 42.6 Å². The fraction of sp³-hybridized carbons (Fsp3) is 0.188. The van der Waals surface area contributed by atoms with Crippen LogP contribution in [0.4, 0.5) is 5.69 Å². The number of hydrogen-bond acceptors (Lipinski definition) is 5. The first-order valence-corrected chi connectivity index (χ1v) is 7.90. The Labute approximate surface area is 142 Å². The van der Waals surface area contributed by atoms with E-state index in [4.69, 9.17) is 11.6 Å². The zero-order valence-electron chi connectivity index (χ0n) is 12.6. The number of nitrogens with one attached hydrogen (secondary N) is 1. The Hall–Kier alpha value is -2.80. The molecule has 1 amide bonds. The Morgan fingerprint density at radius 3 is 2.88 bits per heavy atom. The highest BCUT2D eigenvalue weighted by atomic mass is 35.5. The molecule has 7 nitrogen and oxygen atoms in total. The van der Waals surface area contributed by atoms with Gasteiger partial charge < -0.3 is 5.32 Å². The van der Waals surface area contributed by atoms with Crippen LogP contribution in [0.2, 0.25) is 5.15 Å². The van der Waals surface area contributed by atoms with E-state index < -0.39 is 0 Å². The van der Waals surface area contributed by atoms with Crippen LogP contribution in [0.25, 0.3) is 11.4 Å². The van der Waals surface area contributed by atoms with Crippen LogP contribution in [0.1, 0.15) is 29.2 Å². The molecule has 1 fully saturated rings. The third-order valence-electron chi connectivity index (χ3n) is 3.75. The molecular formula is C16H13ClN6O. The quantitative estimate of drug-likeness (QED) is 0.738. The maximum Gasteiger partial charge on any atom is 0.257 e. The monoisotopic (exact) mass is 340 g/mol. The fourth-order valence-corrected chi connectivity index (χ4v) is 2.51. The number of rotatable bonds is 4. The number of nitrogens with zero attached hydrogens (tertiary/aromatic N) is 5. The Morgan fingerprint density at radius 1 is 1.25 bits per heavy atom. The van der Waals surface area contributed by atoms with E-state index in [2.05, 4.69) is 25.8 Å². The van der Waals surface area contributed by atoms with E-state index in [0.717, 1.165) is 18.4 Å². The van der Waals surface area contributed by atoms with Crippen LogP contribution in [0.5, 0.6) is 0 Å². The van der Waals surface area contributed by atoms with Crippen LogP contribution < -0.4 is 5.32 Å². The molecule has 0 saturated heterocycles. The van der Waals surface area contributed by atoms with Gasteiger partial charge >= 0.3 is 0 Å². The number of anilines is 1. The van der Waals surface area contributed by atoms with Crippen LogP contribution in [-0.2, 0) is 0 Å². The number of pyridine rings is 1. The fourth-order valence-electron chi connectivity index (χ4n) is 2.40. The largest absolute Gasteiger partial charge is 0.322 e. The molecule has 2 heterocycles. The molecule has 0 unspecified atom stereocenters. The predicted molar refractivity (Wildman–Crippen MR) is 88.7 cm³/mol. The van der Waals surface area contributed by atoms with E-state index in [1.807, 2.05) is 28.9 Å². The van der Waals surface area contributed by atoms with Gasteiger partial charge in [-0.05, 0) is 47.5 Å². The van der Waals surface area contributed by atoms with E-state index >= 15 is 0 Å². The molecule has 0 atom stereocenters. The van der Waals surface area contributed by atoms with Crippen molar-refractivity contribution in [3.05, 3.63) is 53.3 Å². The summed E-state index contributed by atoms with van der Waals surface area (Å²) in [7, 11) is 0. The topological polar surface area (TPSA) is 85.6 Å². The molecule has 0 bridgehead atoms. The molecule has 0 aliphatic heterocycles. The molecule has 3 aromatic rings. The zero-order chi connectivity index (χ0) is 16.5. The molecule has 1 aliphatic carbocycles. The smallest absolute Gasteiger partial charge is 0.257 e. The van der Waals surface area contributed by atoms with Gasteiger partial charge in [0.1, 0.15) is 5.15 Å². The van der Waals surface area contributed by atoms with E-state index in [9.17, 15) is 4.79 Å². The Bertz CT molecular complexity index is 888. The summed E-state index contributed by atoms with van der Waals surface area (Å²) in [5.74, 6) is 0.458. The van der Waals surface area contributed by atoms with Gasteiger partial charge in [0.15, 0.2) is 5.82 Å². The molecule has 2 aromatic heterocycles. The number of halogens is 1. The number of tetrazole rings is 1. The molecule has 4 rings (SSSR count). The molecule has 1 N–H and O–H groups in total. The second-order valence-corrected chi connectivity index (χ2v) is 5.97. The minimum atomic E-state index is -0.252. The van der Waals surface area contributed by atoms with Gasteiger partial charge in [-0.3, -0.25) is 4.79 Å². The van der Waals surface area contributed by atoms with Gasteiger partial charge in [0, 0.05) is 17.4 Å². The lowest BCUT2D eigenvalue weighted by atomic mass is 10.1. The first-order chi connectivity index (χ1) is 11.7. The van der Waals surface area contributed by atoms with Gasteiger partial charge in [0.25, 0.3) is 5.91 Å². The third kappa shape index (κ3) is 2.98. The summed E-state index contributed by atoms with van der Waals surface area (Å²) >= 11 is 5.74. The Kier molecular flexibility index (Phi) is 3.70. The molecule has 24 heavy (non-hydrogen) atoms. The minimum absolute atomic E-state index is 0.252. The molecule has 120 valence electrons. The zero-order valence-corrected chi connectivity index (χ0v) is 13.3. The predicted octanol–water partition coefficient (Wildman–Crippen LogP) is 2.98. The standard InChI is InChI=1S/C16H13ClN6O/c17-14-7-4-11(9-18-14)16(24)19-12-3-1-2-10(8-12)15-20-21-22-23(15)13-5-6-13/h1-4,7-9,13H,5-6H2,(H,19,24). The van der Waals surface area contributed by atoms with Crippen LogP contribution in [0, 0.1) is 0 Å². The van der Waals surface area contributed by atoms with Crippen molar-refractivity contribution in [1.29, 1.82) is 0 Å². The number of carbonyl (C=O) groups is 1. The molecule has 8 heteroatoms. The number of amides is 1. The molecule has 0 radical (unpaired) electrons. The van der Waals surface area contributed by atoms with E-state index in [0.29, 0.717) is 28.3 Å². The van der Waals surface area contributed by atoms with E-state index in [-0.39, 0.29) is 5.91 Å². The summed E-state index contributed by atoms with van der Waals surface area (Å²) in [6.07, 6.45) is 3.63. The molecule has 1 aliphatic rings. The lowest BCUT2D eigenvalue weighted by molar-refractivity contribution is 0.102. The highest BCUT2D eigenvalue weighted by molar-refractivity contribution is 6.29. The lowest BCUT2D eigenvalue weighted by Crippen LogP contribution is -2.12. The lowest BCUT2D eigenvalue weighted by Gasteiger charge is -2.07. The molecule has 1 saturated carbocycles. The Morgan fingerprint density at radius 2 is 2.12 bits per heavy atom. The van der Waals surface area contributed by atoms with Gasteiger partial charge in [-0.25, -0.2) is 9.67 Å². The van der Waals surface area contributed by atoms with Crippen LogP contribution in [-0.4, -0.2) is 31.1 Å².